The number of nitrogens with zero attached hydrogens (tertiary/aromatic N) is 1. The molecular formula is C25H24N2O2. The molecule has 0 unspecified atom stereocenters. The zero-order valence-electron chi connectivity index (χ0n) is 16.5. The Hall–Kier alpha value is -3.58. The van der Waals surface area contributed by atoms with Gasteiger partial charge in [-0.1, -0.05) is 49.7 Å². The highest BCUT2D eigenvalue weighted by molar-refractivity contribution is 5.91. The summed E-state index contributed by atoms with van der Waals surface area (Å²) in [5.41, 5.74) is 4.74. The number of amides is 1. The number of nitrogens with one attached hydrogen (secondary N) is 1. The maximum atomic E-state index is 12.1. The Bertz CT molecular complexity index is 969. The number of aryl methyl sites for hydroxylation is 1. The fraction of sp³-hybridized carbons (Fsp3) is 0.200. The van der Waals surface area contributed by atoms with Crippen LogP contribution in [0.4, 0.5) is 5.69 Å². The average molecular weight is 384 g/mol. The normalized spacial score (nSPS) is 10.2. The van der Waals surface area contributed by atoms with Crippen molar-refractivity contribution in [1.29, 1.82) is 5.26 Å². The second-order valence-electron chi connectivity index (χ2n) is 6.85. The summed E-state index contributed by atoms with van der Waals surface area (Å²) >= 11 is 0. The fourth-order valence-electron chi connectivity index (χ4n) is 2.96. The van der Waals surface area contributed by atoms with E-state index in [0.717, 1.165) is 23.2 Å². The van der Waals surface area contributed by atoms with E-state index < -0.39 is 0 Å². The molecule has 0 atom stereocenters. The van der Waals surface area contributed by atoms with E-state index in [1.807, 2.05) is 60.7 Å². The van der Waals surface area contributed by atoms with Crippen LogP contribution in [0.3, 0.4) is 0 Å². The van der Waals surface area contributed by atoms with Crippen LogP contribution in [0.5, 0.6) is 5.75 Å². The Kier molecular flexibility index (Phi) is 7.02. The number of nitriles is 1. The van der Waals surface area contributed by atoms with Gasteiger partial charge in [-0.05, 0) is 65.9 Å². The molecule has 0 bridgehead atoms. The lowest BCUT2D eigenvalue weighted by atomic mass is 10.0. The van der Waals surface area contributed by atoms with Crippen LogP contribution in [0.1, 0.15) is 30.9 Å². The highest BCUT2D eigenvalue weighted by Gasteiger charge is 2.05. The van der Waals surface area contributed by atoms with Crippen molar-refractivity contribution in [2.24, 2.45) is 0 Å². The van der Waals surface area contributed by atoms with E-state index in [1.54, 1.807) is 12.1 Å². The smallest absolute Gasteiger partial charge is 0.262 e. The van der Waals surface area contributed by atoms with Gasteiger partial charge in [0.15, 0.2) is 6.61 Å². The summed E-state index contributed by atoms with van der Waals surface area (Å²) in [6, 6.07) is 25.0. The molecule has 0 spiro atoms. The summed E-state index contributed by atoms with van der Waals surface area (Å²) in [6.07, 6.45) is 3.40. The molecule has 0 aliphatic heterocycles. The number of anilines is 1. The van der Waals surface area contributed by atoms with Crippen molar-refractivity contribution in [2.75, 3.05) is 11.9 Å². The van der Waals surface area contributed by atoms with Crippen molar-refractivity contribution in [3.8, 4) is 22.9 Å². The number of carbonyl (C=O) groups is 1. The molecule has 0 radical (unpaired) electrons. The average Bonchev–Trinajstić information content (AvgIpc) is 2.78. The van der Waals surface area contributed by atoms with Gasteiger partial charge in [0.05, 0.1) is 11.6 Å². The largest absolute Gasteiger partial charge is 0.484 e. The minimum Gasteiger partial charge on any atom is -0.484 e. The molecule has 0 aliphatic carbocycles. The van der Waals surface area contributed by atoms with Crippen molar-refractivity contribution in [3.63, 3.8) is 0 Å². The summed E-state index contributed by atoms with van der Waals surface area (Å²) in [4.78, 5) is 12.1. The lowest BCUT2D eigenvalue weighted by Gasteiger charge is -2.09. The second-order valence-corrected chi connectivity index (χ2v) is 6.85. The van der Waals surface area contributed by atoms with E-state index >= 15 is 0 Å². The number of benzene rings is 3. The fourth-order valence-corrected chi connectivity index (χ4v) is 2.96. The monoisotopic (exact) mass is 384 g/mol. The first-order chi connectivity index (χ1) is 14.2. The zero-order chi connectivity index (χ0) is 20.5. The maximum absolute atomic E-state index is 12.1. The molecule has 1 amide bonds. The molecular weight excluding hydrogens is 360 g/mol. The van der Waals surface area contributed by atoms with Gasteiger partial charge in [-0.15, -0.1) is 0 Å². The van der Waals surface area contributed by atoms with Crippen LogP contribution in [0.15, 0.2) is 72.8 Å². The third kappa shape index (κ3) is 5.95. The maximum Gasteiger partial charge on any atom is 0.262 e. The van der Waals surface area contributed by atoms with Crippen LogP contribution in [0.2, 0.25) is 0 Å². The minimum atomic E-state index is -0.192. The molecule has 1 N–H and O–H groups in total. The molecule has 0 saturated carbocycles. The first-order valence-corrected chi connectivity index (χ1v) is 9.80. The van der Waals surface area contributed by atoms with Crippen molar-refractivity contribution < 1.29 is 9.53 Å². The van der Waals surface area contributed by atoms with Gasteiger partial charge in [-0.3, -0.25) is 4.79 Å². The molecule has 4 nitrogen and oxygen atoms in total. The van der Waals surface area contributed by atoms with Gasteiger partial charge in [0.2, 0.25) is 0 Å². The van der Waals surface area contributed by atoms with Gasteiger partial charge in [-0.2, -0.15) is 5.26 Å². The third-order valence-electron chi connectivity index (χ3n) is 4.63. The molecule has 0 aromatic heterocycles. The summed E-state index contributed by atoms with van der Waals surface area (Å²) in [6.45, 7) is 2.13. The number of hydrogen-bond acceptors (Lipinski definition) is 3. The van der Waals surface area contributed by atoms with E-state index in [0.29, 0.717) is 11.3 Å². The van der Waals surface area contributed by atoms with Gasteiger partial charge in [0.1, 0.15) is 5.75 Å². The first-order valence-electron chi connectivity index (χ1n) is 9.80. The molecule has 3 rings (SSSR count). The predicted molar refractivity (Wildman–Crippen MR) is 116 cm³/mol. The second kappa shape index (κ2) is 10.1. The molecule has 0 heterocycles. The van der Waals surface area contributed by atoms with Crippen LogP contribution >= 0.6 is 0 Å². The van der Waals surface area contributed by atoms with E-state index in [1.165, 1.54) is 18.4 Å². The molecule has 0 fully saturated rings. The predicted octanol–water partition coefficient (Wildman–Crippen LogP) is 5.59. The third-order valence-corrected chi connectivity index (χ3v) is 4.63. The molecule has 29 heavy (non-hydrogen) atoms. The standard InChI is InChI=1S/C25H24N2O2/c1-2-3-4-19-7-13-23(14-8-19)27-25(28)18-29-24-15-11-22(12-16-24)21-9-5-20(17-26)6-10-21/h5-16H,2-4,18H2,1H3,(H,27,28). The van der Waals surface area contributed by atoms with Crippen molar-refractivity contribution in [1.82, 2.24) is 0 Å². The topological polar surface area (TPSA) is 62.1 Å². The first kappa shape index (κ1) is 20.2. The van der Waals surface area contributed by atoms with Crippen LogP contribution in [0.25, 0.3) is 11.1 Å². The van der Waals surface area contributed by atoms with Crippen LogP contribution in [0, 0.1) is 11.3 Å². The number of carbonyl (C=O) groups excluding carboxylic acids is 1. The lowest BCUT2D eigenvalue weighted by molar-refractivity contribution is -0.118. The van der Waals surface area contributed by atoms with Crippen LogP contribution in [-0.4, -0.2) is 12.5 Å². The lowest BCUT2D eigenvalue weighted by Crippen LogP contribution is -2.20. The number of rotatable bonds is 8. The molecule has 0 saturated heterocycles. The highest BCUT2D eigenvalue weighted by atomic mass is 16.5. The Balaban J connectivity index is 1.50. The van der Waals surface area contributed by atoms with Crippen LogP contribution < -0.4 is 10.1 Å². The van der Waals surface area contributed by atoms with Gasteiger partial charge in [-0.25, -0.2) is 0 Å². The van der Waals surface area contributed by atoms with Gasteiger partial charge in [0.25, 0.3) is 5.91 Å². The number of hydrogen-bond donors (Lipinski definition) is 1. The molecule has 146 valence electrons. The van der Waals surface area contributed by atoms with Gasteiger partial charge >= 0.3 is 0 Å². The summed E-state index contributed by atoms with van der Waals surface area (Å²) < 4.78 is 5.59. The SMILES string of the molecule is CCCCc1ccc(NC(=O)COc2ccc(-c3ccc(C#N)cc3)cc2)cc1. The Morgan fingerprint density at radius 2 is 1.55 bits per heavy atom. The number of unbranched alkanes of at least 4 members (excludes halogenated alkanes) is 1. The van der Waals surface area contributed by atoms with E-state index in [-0.39, 0.29) is 12.5 Å². The summed E-state index contributed by atoms with van der Waals surface area (Å²) in [5, 5.41) is 11.7. The highest BCUT2D eigenvalue weighted by Crippen LogP contribution is 2.23. The molecule has 0 aliphatic rings. The minimum absolute atomic E-state index is 0.0478. The van der Waals surface area contributed by atoms with E-state index in [9.17, 15) is 4.79 Å². The molecule has 4 heteroatoms. The number of ether oxygens (including phenoxy) is 1. The zero-order valence-corrected chi connectivity index (χ0v) is 16.5. The van der Waals surface area contributed by atoms with Gasteiger partial charge < -0.3 is 10.1 Å². The van der Waals surface area contributed by atoms with E-state index in [2.05, 4.69) is 18.3 Å². The molecule has 3 aromatic rings. The van der Waals surface area contributed by atoms with E-state index in [4.69, 9.17) is 10.00 Å². The summed E-state index contributed by atoms with van der Waals surface area (Å²) in [7, 11) is 0. The molecule has 3 aromatic carbocycles. The van der Waals surface area contributed by atoms with Crippen LogP contribution in [-0.2, 0) is 11.2 Å². The van der Waals surface area contributed by atoms with Crippen molar-refractivity contribution in [2.45, 2.75) is 26.2 Å². The van der Waals surface area contributed by atoms with Crippen molar-refractivity contribution in [3.05, 3.63) is 83.9 Å². The Morgan fingerprint density at radius 3 is 2.14 bits per heavy atom. The Labute approximate surface area is 171 Å². The quantitative estimate of drug-likeness (QED) is 0.551. The Morgan fingerprint density at radius 1 is 0.931 bits per heavy atom. The summed E-state index contributed by atoms with van der Waals surface area (Å²) in [5.74, 6) is 0.440. The van der Waals surface area contributed by atoms with Crippen molar-refractivity contribution >= 4 is 11.6 Å². The van der Waals surface area contributed by atoms with Gasteiger partial charge in [0, 0.05) is 5.69 Å².